The second-order valence-electron chi connectivity index (χ2n) is 6.64. The summed E-state index contributed by atoms with van der Waals surface area (Å²) in [5.74, 6) is -0.253. The fourth-order valence-electron chi connectivity index (χ4n) is 3.72. The molecular formula is C20H21N3O4. The molecule has 0 unspecified atom stereocenters. The van der Waals surface area contributed by atoms with Crippen molar-refractivity contribution < 1.29 is 19.1 Å². The van der Waals surface area contributed by atoms with Gasteiger partial charge < -0.3 is 14.5 Å². The zero-order valence-electron chi connectivity index (χ0n) is 15.2. The van der Waals surface area contributed by atoms with Crippen LogP contribution in [0, 0.1) is 0 Å². The summed E-state index contributed by atoms with van der Waals surface area (Å²) in [5, 5.41) is 1.90. The van der Waals surface area contributed by atoms with E-state index in [1.165, 1.54) is 0 Å². The molecule has 7 nitrogen and oxygen atoms in total. The third-order valence-corrected chi connectivity index (χ3v) is 5.10. The predicted molar refractivity (Wildman–Crippen MR) is 101 cm³/mol. The lowest BCUT2D eigenvalue weighted by Gasteiger charge is -2.34. The number of anilines is 1. The standard InChI is InChI=1S/C20H21N3O4/c1-2-27-20(26)22-11-9-21(10-12-22)17(24)13-23-16-8-4-6-14-5-3-7-15(18(14)16)19(23)25/h3-8H,2,9-13H2,1H3. The molecule has 27 heavy (non-hydrogen) atoms. The van der Waals surface area contributed by atoms with Crippen LogP contribution in [-0.4, -0.2) is 67.0 Å². The van der Waals surface area contributed by atoms with Crippen LogP contribution in [0.2, 0.25) is 0 Å². The molecule has 7 heteroatoms. The van der Waals surface area contributed by atoms with Crippen LogP contribution < -0.4 is 4.90 Å². The smallest absolute Gasteiger partial charge is 0.409 e. The summed E-state index contributed by atoms with van der Waals surface area (Å²) in [4.78, 5) is 42.2. The van der Waals surface area contributed by atoms with Gasteiger partial charge in [-0.1, -0.05) is 24.3 Å². The third-order valence-electron chi connectivity index (χ3n) is 5.10. The van der Waals surface area contributed by atoms with Gasteiger partial charge in [-0.2, -0.15) is 0 Å². The van der Waals surface area contributed by atoms with Crippen molar-refractivity contribution in [1.82, 2.24) is 9.80 Å². The van der Waals surface area contributed by atoms with E-state index in [0.29, 0.717) is 38.3 Å². The molecule has 2 aliphatic heterocycles. The normalized spacial score (nSPS) is 16.2. The minimum Gasteiger partial charge on any atom is -0.450 e. The molecule has 4 rings (SSSR count). The van der Waals surface area contributed by atoms with Crippen LogP contribution in [0.25, 0.3) is 10.8 Å². The van der Waals surface area contributed by atoms with Crippen LogP contribution in [0.15, 0.2) is 36.4 Å². The van der Waals surface area contributed by atoms with Crippen molar-refractivity contribution in [3.05, 3.63) is 42.0 Å². The maximum atomic E-state index is 12.8. The van der Waals surface area contributed by atoms with Gasteiger partial charge in [0.1, 0.15) is 6.54 Å². The molecule has 0 bridgehead atoms. The first-order valence-corrected chi connectivity index (χ1v) is 9.13. The van der Waals surface area contributed by atoms with Gasteiger partial charge in [0.2, 0.25) is 5.91 Å². The molecule has 140 valence electrons. The topological polar surface area (TPSA) is 70.2 Å². The Hall–Kier alpha value is -3.09. The number of ether oxygens (including phenoxy) is 1. The molecule has 0 saturated carbocycles. The van der Waals surface area contributed by atoms with Crippen LogP contribution in [0.3, 0.4) is 0 Å². The maximum Gasteiger partial charge on any atom is 0.409 e. The number of carbonyl (C=O) groups is 3. The van der Waals surface area contributed by atoms with E-state index in [2.05, 4.69) is 0 Å². The van der Waals surface area contributed by atoms with E-state index in [0.717, 1.165) is 16.5 Å². The van der Waals surface area contributed by atoms with Gasteiger partial charge in [-0.3, -0.25) is 14.5 Å². The minimum atomic E-state index is -0.346. The van der Waals surface area contributed by atoms with Gasteiger partial charge in [0.15, 0.2) is 0 Å². The fraction of sp³-hybridized carbons (Fsp3) is 0.350. The Balaban J connectivity index is 1.45. The Kier molecular flexibility index (Phi) is 4.43. The van der Waals surface area contributed by atoms with Gasteiger partial charge in [0.05, 0.1) is 12.3 Å². The molecule has 0 aliphatic carbocycles. The van der Waals surface area contributed by atoms with Crippen molar-refractivity contribution in [3.8, 4) is 0 Å². The maximum absolute atomic E-state index is 12.8. The van der Waals surface area contributed by atoms with Gasteiger partial charge >= 0.3 is 6.09 Å². The zero-order chi connectivity index (χ0) is 19.0. The summed E-state index contributed by atoms with van der Waals surface area (Å²) in [6.45, 7) is 3.87. The first-order chi connectivity index (χ1) is 13.1. The number of hydrogen-bond donors (Lipinski definition) is 0. The van der Waals surface area contributed by atoms with E-state index in [9.17, 15) is 14.4 Å². The number of carbonyl (C=O) groups excluding carboxylic acids is 3. The van der Waals surface area contributed by atoms with Crippen molar-refractivity contribution in [2.45, 2.75) is 6.92 Å². The Morgan fingerprint density at radius 2 is 1.67 bits per heavy atom. The van der Waals surface area contributed by atoms with E-state index in [4.69, 9.17) is 4.74 Å². The Morgan fingerprint density at radius 3 is 2.37 bits per heavy atom. The lowest BCUT2D eigenvalue weighted by molar-refractivity contribution is -0.131. The number of benzene rings is 2. The van der Waals surface area contributed by atoms with Crippen LogP contribution in [0.4, 0.5) is 10.5 Å². The number of amides is 3. The summed E-state index contributed by atoms with van der Waals surface area (Å²) < 4.78 is 5.00. The van der Waals surface area contributed by atoms with E-state index in [1.807, 2.05) is 30.3 Å². The molecule has 0 radical (unpaired) electrons. The van der Waals surface area contributed by atoms with E-state index in [-0.39, 0.29) is 24.5 Å². The largest absolute Gasteiger partial charge is 0.450 e. The zero-order valence-corrected chi connectivity index (χ0v) is 15.2. The van der Waals surface area contributed by atoms with Crippen LogP contribution in [0.5, 0.6) is 0 Å². The van der Waals surface area contributed by atoms with Gasteiger partial charge in [-0.05, 0) is 24.4 Å². The monoisotopic (exact) mass is 367 g/mol. The van der Waals surface area contributed by atoms with Crippen molar-refractivity contribution in [3.63, 3.8) is 0 Å². The average Bonchev–Trinajstić information content (AvgIpc) is 2.96. The first-order valence-electron chi connectivity index (χ1n) is 9.13. The second-order valence-corrected chi connectivity index (χ2v) is 6.64. The summed E-state index contributed by atoms with van der Waals surface area (Å²) >= 11 is 0. The molecule has 2 heterocycles. The molecule has 3 amide bonds. The lowest BCUT2D eigenvalue weighted by Crippen LogP contribution is -2.53. The molecule has 1 saturated heterocycles. The third kappa shape index (κ3) is 2.99. The molecule has 0 N–H and O–H groups in total. The summed E-state index contributed by atoms with van der Waals surface area (Å²) in [6, 6.07) is 11.4. The van der Waals surface area contributed by atoms with Crippen LogP contribution in [-0.2, 0) is 9.53 Å². The number of piperazine rings is 1. The van der Waals surface area contributed by atoms with Crippen molar-refractivity contribution >= 4 is 34.4 Å². The minimum absolute atomic E-state index is 0.00599. The molecular weight excluding hydrogens is 346 g/mol. The van der Waals surface area contributed by atoms with Crippen molar-refractivity contribution in [2.75, 3.05) is 44.2 Å². The van der Waals surface area contributed by atoms with Gasteiger partial charge in [0, 0.05) is 37.1 Å². The molecule has 0 spiro atoms. The highest BCUT2D eigenvalue weighted by molar-refractivity contribution is 6.26. The molecule has 1 fully saturated rings. The van der Waals surface area contributed by atoms with Gasteiger partial charge in [-0.15, -0.1) is 0 Å². The predicted octanol–water partition coefficient (Wildman–Crippen LogP) is 2.10. The van der Waals surface area contributed by atoms with Crippen LogP contribution >= 0.6 is 0 Å². The summed E-state index contributed by atoms with van der Waals surface area (Å²) in [5.41, 5.74) is 1.43. The highest BCUT2D eigenvalue weighted by Crippen LogP contribution is 2.37. The van der Waals surface area contributed by atoms with E-state index < -0.39 is 0 Å². The number of rotatable bonds is 3. The Morgan fingerprint density at radius 1 is 1.00 bits per heavy atom. The number of nitrogens with zero attached hydrogens (tertiary/aromatic N) is 3. The SMILES string of the molecule is CCOC(=O)N1CCN(C(=O)CN2C(=O)c3cccc4cccc2c34)CC1. The van der Waals surface area contributed by atoms with Gasteiger partial charge in [-0.25, -0.2) is 4.79 Å². The molecule has 2 aromatic rings. The Labute approximate surface area is 157 Å². The summed E-state index contributed by atoms with van der Waals surface area (Å²) in [6.07, 6.45) is -0.346. The quantitative estimate of drug-likeness (QED) is 0.833. The van der Waals surface area contributed by atoms with E-state index in [1.54, 1.807) is 27.7 Å². The first kappa shape index (κ1) is 17.3. The van der Waals surface area contributed by atoms with Crippen molar-refractivity contribution in [2.24, 2.45) is 0 Å². The molecule has 0 aromatic heterocycles. The van der Waals surface area contributed by atoms with E-state index >= 15 is 0 Å². The fourth-order valence-corrected chi connectivity index (χ4v) is 3.72. The molecule has 0 atom stereocenters. The van der Waals surface area contributed by atoms with Gasteiger partial charge in [0.25, 0.3) is 5.91 Å². The highest BCUT2D eigenvalue weighted by atomic mass is 16.6. The average molecular weight is 367 g/mol. The van der Waals surface area contributed by atoms with Crippen LogP contribution in [0.1, 0.15) is 17.3 Å². The van der Waals surface area contributed by atoms with Crippen molar-refractivity contribution in [1.29, 1.82) is 0 Å². The second kappa shape index (κ2) is 6.90. The Bertz CT molecular complexity index is 913. The molecule has 2 aliphatic rings. The molecule has 2 aromatic carbocycles. The highest BCUT2D eigenvalue weighted by Gasteiger charge is 2.33. The number of hydrogen-bond acceptors (Lipinski definition) is 4. The summed E-state index contributed by atoms with van der Waals surface area (Å²) in [7, 11) is 0. The lowest BCUT2D eigenvalue weighted by atomic mass is 10.1.